The predicted molar refractivity (Wildman–Crippen MR) is 131 cm³/mol. The molecule has 5 rings (SSSR count). The zero-order valence-electron chi connectivity index (χ0n) is 19.4. The number of hydroxylamine groups is 2. The highest BCUT2D eigenvalue weighted by Crippen LogP contribution is 2.37. The van der Waals surface area contributed by atoms with E-state index in [0.29, 0.717) is 18.6 Å². The van der Waals surface area contributed by atoms with E-state index in [1.807, 2.05) is 36.4 Å². The summed E-state index contributed by atoms with van der Waals surface area (Å²) in [5, 5.41) is 1.10. The zero-order valence-corrected chi connectivity index (χ0v) is 20.3. The summed E-state index contributed by atoms with van der Waals surface area (Å²) in [6, 6.07) is 14.3. The van der Waals surface area contributed by atoms with E-state index in [2.05, 4.69) is 4.98 Å². The number of fused-ring (bicyclic) bond motifs is 3. The largest absolute Gasteiger partial charge is 0.497 e. The number of quaternary nitrogens is 1. The van der Waals surface area contributed by atoms with Gasteiger partial charge in [-0.2, -0.15) is 13.3 Å². The van der Waals surface area contributed by atoms with Crippen molar-refractivity contribution in [3.8, 4) is 5.75 Å². The first-order valence-corrected chi connectivity index (χ1v) is 12.9. The van der Waals surface area contributed by atoms with Gasteiger partial charge >= 0.3 is 10.0 Å². The highest BCUT2D eigenvalue weighted by molar-refractivity contribution is 7.85. The quantitative estimate of drug-likeness (QED) is 0.489. The molecule has 1 unspecified atom stereocenters. The average molecular weight is 495 g/mol. The second kappa shape index (κ2) is 8.99. The third kappa shape index (κ3) is 4.16. The maximum absolute atomic E-state index is 14.1. The fourth-order valence-electron chi connectivity index (χ4n) is 4.84. The van der Waals surface area contributed by atoms with Crippen molar-refractivity contribution in [1.82, 2.24) is 4.98 Å². The standard InChI is InChI=1S/C26H27N3O5S/c1-33-20-9-11-21(12-10-20)35(31,32)29(34-17-18-5-4-6-19(15-18)26(27)30)14-13-23-22-7-2-3-8-24(22)28-25(23)16-29/h2-5,7-12,15,19,28H,6,13-14,16-17H2,1H3,(H-,27,30)/p+1/t19-,29?/m0/s1. The molecule has 2 aliphatic rings. The molecule has 0 saturated carbocycles. The van der Waals surface area contributed by atoms with Gasteiger partial charge in [-0.3, -0.25) is 4.79 Å². The van der Waals surface area contributed by atoms with Crippen molar-refractivity contribution >= 4 is 26.8 Å². The molecule has 2 heterocycles. The molecule has 1 amide bonds. The molecule has 8 nitrogen and oxygen atoms in total. The molecule has 0 bridgehead atoms. The van der Waals surface area contributed by atoms with Gasteiger partial charge in [0.25, 0.3) is 0 Å². The molecule has 35 heavy (non-hydrogen) atoms. The number of amides is 1. The maximum Gasteiger partial charge on any atom is 0.357 e. The van der Waals surface area contributed by atoms with Crippen molar-refractivity contribution in [3.05, 3.63) is 83.6 Å². The molecular weight excluding hydrogens is 466 g/mol. The van der Waals surface area contributed by atoms with Gasteiger partial charge < -0.3 is 15.5 Å². The molecule has 3 N–H and O–H groups in total. The molecule has 1 aliphatic carbocycles. The first kappa shape index (κ1) is 23.3. The Labute approximate surface area is 204 Å². The van der Waals surface area contributed by atoms with E-state index in [9.17, 15) is 13.2 Å². The topological polar surface area (TPSA) is 111 Å². The van der Waals surface area contributed by atoms with Crippen LogP contribution in [0, 0.1) is 5.92 Å². The summed E-state index contributed by atoms with van der Waals surface area (Å²) in [6.07, 6.45) is 6.54. The molecule has 0 fully saturated rings. The Morgan fingerprint density at radius 1 is 1.17 bits per heavy atom. The Kier molecular flexibility index (Phi) is 6.00. The van der Waals surface area contributed by atoms with E-state index in [4.69, 9.17) is 15.3 Å². The lowest BCUT2D eigenvalue weighted by Crippen LogP contribution is -2.55. The van der Waals surface area contributed by atoms with Crippen LogP contribution in [0.5, 0.6) is 5.75 Å². The predicted octanol–water partition coefficient (Wildman–Crippen LogP) is 3.36. The van der Waals surface area contributed by atoms with Crippen molar-refractivity contribution in [2.24, 2.45) is 11.7 Å². The number of hydrogen-bond donors (Lipinski definition) is 2. The number of nitrogens with zero attached hydrogens (tertiary/aromatic N) is 1. The Bertz CT molecular complexity index is 1440. The summed E-state index contributed by atoms with van der Waals surface area (Å²) in [6.45, 7) is 0.416. The third-order valence-corrected chi connectivity index (χ3v) is 8.93. The zero-order chi connectivity index (χ0) is 24.6. The van der Waals surface area contributed by atoms with E-state index >= 15 is 0 Å². The number of sulfonamides is 1. The van der Waals surface area contributed by atoms with Gasteiger partial charge in [0.05, 0.1) is 18.7 Å². The number of carbonyl (C=O) groups excluding carboxylic acids is 1. The van der Waals surface area contributed by atoms with Crippen LogP contribution in [0.25, 0.3) is 10.9 Å². The lowest BCUT2D eigenvalue weighted by molar-refractivity contribution is -1.02. The number of methoxy groups -OCH3 is 1. The number of primary amides is 1. The SMILES string of the molecule is COc1ccc(S(=O)(=O)[N+]2(OCC3=C[C@@H](C(N)=O)CC=C3)CCc3c([nH]c4ccccc34)C2)cc1. The van der Waals surface area contributed by atoms with Crippen LogP contribution in [-0.2, 0) is 32.6 Å². The van der Waals surface area contributed by atoms with Crippen LogP contribution in [0.1, 0.15) is 17.7 Å². The van der Waals surface area contributed by atoms with Gasteiger partial charge in [0, 0.05) is 17.3 Å². The lowest BCUT2D eigenvalue weighted by Gasteiger charge is -2.36. The summed E-state index contributed by atoms with van der Waals surface area (Å²) in [7, 11) is -2.43. The molecule has 0 saturated heterocycles. The summed E-state index contributed by atoms with van der Waals surface area (Å²) < 4.78 is 32.7. The fourth-order valence-corrected chi connectivity index (χ4v) is 6.52. The highest BCUT2D eigenvalue weighted by atomic mass is 32.2. The Balaban J connectivity index is 1.54. The van der Waals surface area contributed by atoms with Crippen molar-refractivity contribution in [1.29, 1.82) is 0 Å². The molecule has 9 heteroatoms. The Hall–Kier alpha value is -3.40. The van der Waals surface area contributed by atoms with Crippen molar-refractivity contribution in [2.75, 3.05) is 20.3 Å². The number of carbonyl (C=O) groups is 1. The van der Waals surface area contributed by atoms with Crippen LogP contribution >= 0.6 is 0 Å². The number of aromatic nitrogens is 1. The maximum atomic E-state index is 14.1. The van der Waals surface area contributed by atoms with Gasteiger partial charge in [0.2, 0.25) is 5.91 Å². The number of benzene rings is 2. The van der Waals surface area contributed by atoms with Gasteiger partial charge in [-0.05, 0) is 47.9 Å². The van der Waals surface area contributed by atoms with Crippen molar-refractivity contribution in [2.45, 2.75) is 24.3 Å². The van der Waals surface area contributed by atoms with Crippen LogP contribution in [0.3, 0.4) is 0 Å². The number of allylic oxidation sites excluding steroid dienone is 1. The minimum atomic E-state index is -3.96. The molecule has 2 atom stereocenters. The third-order valence-electron chi connectivity index (χ3n) is 6.77. The molecule has 0 spiro atoms. The van der Waals surface area contributed by atoms with E-state index in [1.165, 1.54) is 7.11 Å². The number of ether oxygens (including phenoxy) is 1. The number of aromatic amines is 1. The minimum Gasteiger partial charge on any atom is -0.497 e. The fraction of sp³-hybridized carbons (Fsp3) is 0.269. The molecule has 1 aliphatic heterocycles. The van der Waals surface area contributed by atoms with Gasteiger partial charge in [-0.15, -0.1) is 0 Å². The average Bonchev–Trinajstić information content (AvgIpc) is 3.25. The molecule has 0 radical (unpaired) electrons. The molecule has 1 aromatic heterocycles. The van der Waals surface area contributed by atoms with Crippen LogP contribution in [0.15, 0.2) is 77.2 Å². The molecular formula is C26H28N3O5S+. The number of para-hydroxylation sites is 1. The number of H-pyrrole nitrogens is 1. The monoisotopic (exact) mass is 494 g/mol. The smallest absolute Gasteiger partial charge is 0.357 e. The number of nitrogens with one attached hydrogen (secondary N) is 1. The first-order chi connectivity index (χ1) is 16.8. The summed E-state index contributed by atoms with van der Waals surface area (Å²) in [5.41, 5.74) is 9.15. The number of rotatable bonds is 7. The highest BCUT2D eigenvalue weighted by Gasteiger charge is 2.49. The molecule has 2 aromatic carbocycles. The Morgan fingerprint density at radius 3 is 2.69 bits per heavy atom. The summed E-state index contributed by atoms with van der Waals surface area (Å²) >= 11 is 0. The van der Waals surface area contributed by atoms with Crippen LogP contribution < -0.4 is 10.5 Å². The van der Waals surface area contributed by atoms with Crippen LogP contribution in [-0.4, -0.2) is 43.6 Å². The summed E-state index contributed by atoms with van der Waals surface area (Å²) in [4.78, 5) is 21.5. The minimum absolute atomic E-state index is 0.0330. The van der Waals surface area contributed by atoms with E-state index in [1.54, 1.807) is 30.3 Å². The molecule has 182 valence electrons. The first-order valence-electron chi connectivity index (χ1n) is 11.5. The number of hydrogen-bond acceptors (Lipinski definition) is 5. The van der Waals surface area contributed by atoms with E-state index in [0.717, 1.165) is 27.7 Å². The van der Waals surface area contributed by atoms with Crippen molar-refractivity contribution in [3.63, 3.8) is 0 Å². The number of nitrogens with two attached hydrogens (primary N) is 1. The Morgan fingerprint density at radius 2 is 1.94 bits per heavy atom. The normalized spacial score (nSPS) is 22.0. The van der Waals surface area contributed by atoms with Crippen LogP contribution in [0.2, 0.25) is 0 Å². The van der Waals surface area contributed by atoms with Crippen molar-refractivity contribution < 1.29 is 26.8 Å². The lowest BCUT2D eigenvalue weighted by atomic mass is 9.96. The second-order valence-electron chi connectivity index (χ2n) is 8.89. The van der Waals surface area contributed by atoms with E-state index in [-0.39, 0.29) is 24.6 Å². The van der Waals surface area contributed by atoms with Gasteiger partial charge in [-0.25, -0.2) is 0 Å². The summed E-state index contributed by atoms with van der Waals surface area (Å²) in [5.74, 6) is -0.267. The molecule has 3 aromatic rings. The van der Waals surface area contributed by atoms with Gasteiger partial charge in [0.1, 0.15) is 23.8 Å². The van der Waals surface area contributed by atoms with Gasteiger partial charge in [0.15, 0.2) is 6.54 Å². The second-order valence-corrected chi connectivity index (χ2v) is 11.0. The van der Waals surface area contributed by atoms with E-state index < -0.39 is 25.9 Å². The van der Waals surface area contributed by atoms with Gasteiger partial charge in [-0.1, -0.05) is 40.5 Å². The van der Waals surface area contributed by atoms with Crippen LogP contribution in [0.4, 0.5) is 0 Å².